The van der Waals surface area contributed by atoms with Crippen molar-refractivity contribution in [3.05, 3.63) is 29.8 Å². The fourth-order valence-electron chi connectivity index (χ4n) is 1.79. The van der Waals surface area contributed by atoms with E-state index >= 15 is 0 Å². The van der Waals surface area contributed by atoms with Crippen molar-refractivity contribution in [3.63, 3.8) is 0 Å². The Balaban J connectivity index is 1.86. The van der Waals surface area contributed by atoms with Gasteiger partial charge >= 0.3 is 0 Å². The van der Waals surface area contributed by atoms with Gasteiger partial charge in [-0.2, -0.15) is 0 Å². The second-order valence-electron chi connectivity index (χ2n) is 5.26. The number of benzene rings is 1. The van der Waals surface area contributed by atoms with Gasteiger partial charge in [-0.15, -0.1) is 11.6 Å². The molecule has 0 spiro atoms. The molecule has 1 nitrogen and oxygen atoms in total. The molecule has 1 saturated carbocycles. The van der Waals surface area contributed by atoms with Crippen LogP contribution in [-0.4, -0.2) is 11.5 Å². The summed E-state index contributed by atoms with van der Waals surface area (Å²) in [5.41, 5.74) is 1.33. The van der Waals surface area contributed by atoms with Crippen molar-refractivity contribution in [3.8, 4) is 5.75 Å². The maximum absolute atomic E-state index is 6.27. The first-order chi connectivity index (χ1) is 8.15. The van der Waals surface area contributed by atoms with Gasteiger partial charge in [0.25, 0.3) is 0 Å². The highest BCUT2D eigenvalue weighted by molar-refractivity contribution is 6.20. The molecule has 0 heterocycles. The third-order valence-electron chi connectivity index (χ3n) is 3.16. The van der Waals surface area contributed by atoms with E-state index in [1.165, 1.54) is 18.4 Å². The van der Waals surface area contributed by atoms with Gasteiger partial charge in [-0.3, -0.25) is 0 Å². The lowest BCUT2D eigenvalue weighted by atomic mass is 10.0. The highest BCUT2D eigenvalue weighted by Gasteiger charge is 2.23. The van der Waals surface area contributed by atoms with Gasteiger partial charge in [0, 0.05) is 5.38 Å². The van der Waals surface area contributed by atoms with Crippen LogP contribution in [0.15, 0.2) is 24.3 Å². The smallest absolute Gasteiger partial charge is 0.119 e. The Morgan fingerprint density at radius 3 is 2.76 bits per heavy atom. The first-order valence-electron chi connectivity index (χ1n) is 6.55. The Hall–Kier alpha value is -0.690. The number of hydrogen-bond donors (Lipinski definition) is 0. The van der Waals surface area contributed by atoms with Crippen molar-refractivity contribution in [2.45, 2.75) is 51.0 Å². The summed E-state index contributed by atoms with van der Waals surface area (Å²) in [5, 5.41) is 0.267. The van der Waals surface area contributed by atoms with Gasteiger partial charge in [-0.05, 0) is 49.3 Å². The fourth-order valence-corrected chi connectivity index (χ4v) is 1.90. The Morgan fingerprint density at radius 2 is 2.12 bits per heavy atom. The van der Waals surface area contributed by atoms with Crippen molar-refractivity contribution < 1.29 is 4.74 Å². The van der Waals surface area contributed by atoms with E-state index in [1.54, 1.807) is 0 Å². The third-order valence-corrected chi connectivity index (χ3v) is 3.88. The summed E-state index contributed by atoms with van der Waals surface area (Å²) in [6.07, 6.45) is 4.96. The molecule has 1 aliphatic rings. The van der Waals surface area contributed by atoms with Crippen LogP contribution in [-0.2, 0) is 6.42 Å². The molecule has 0 bridgehead atoms. The first-order valence-corrected chi connectivity index (χ1v) is 6.98. The van der Waals surface area contributed by atoms with E-state index in [2.05, 4.69) is 32.0 Å². The summed E-state index contributed by atoms with van der Waals surface area (Å²) in [6.45, 7) is 4.34. The van der Waals surface area contributed by atoms with Crippen LogP contribution in [0.2, 0.25) is 0 Å². The zero-order valence-electron chi connectivity index (χ0n) is 10.7. The van der Waals surface area contributed by atoms with Gasteiger partial charge in [-0.1, -0.05) is 26.0 Å². The molecular weight excluding hydrogens is 232 g/mol. The molecule has 1 aromatic carbocycles. The number of aryl methyl sites for hydroxylation is 1. The standard InChI is InChI=1S/C15H21ClO/c1-11(2)15(16)9-6-12-4-3-5-14(10-12)17-13-7-8-13/h3-5,10-11,13,15H,6-9H2,1-2H3. The van der Waals surface area contributed by atoms with Crippen molar-refractivity contribution in [1.82, 2.24) is 0 Å². The molecule has 1 atom stereocenters. The van der Waals surface area contributed by atoms with E-state index in [0.29, 0.717) is 12.0 Å². The largest absolute Gasteiger partial charge is 0.490 e. The van der Waals surface area contributed by atoms with Gasteiger partial charge in [0.15, 0.2) is 0 Å². The molecular formula is C15H21ClO. The molecule has 1 aromatic rings. The average molecular weight is 253 g/mol. The lowest BCUT2D eigenvalue weighted by Crippen LogP contribution is -2.08. The molecule has 0 amide bonds. The van der Waals surface area contributed by atoms with Crippen molar-refractivity contribution in [1.29, 1.82) is 0 Å². The Bertz CT molecular complexity index is 358. The van der Waals surface area contributed by atoms with E-state index < -0.39 is 0 Å². The zero-order valence-corrected chi connectivity index (χ0v) is 11.4. The van der Waals surface area contributed by atoms with Gasteiger partial charge in [0.05, 0.1) is 6.10 Å². The summed E-state index contributed by atoms with van der Waals surface area (Å²) in [4.78, 5) is 0. The summed E-state index contributed by atoms with van der Waals surface area (Å²) < 4.78 is 5.79. The van der Waals surface area contributed by atoms with Crippen LogP contribution >= 0.6 is 11.6 Å². The van der Waals surface area contributed by atoms with Gasteiger partial charge in [-0.25, -0.2) is 0 Å². The van der Waals surface area contributed by atoms with E-state index in [0.717, 1.165) is 18.6 Å². The van der Waals surface area contributed by atoms with E-state index in [4.69, 9.17) is 16.3 Å². The van der Waals surface area contributed by atoms with Crippen LogP contribution in [0.25, 0.3) is 0 Å². The van der Waals surface area contributed by atoms with Crippen LogP contribution in [0, 0.1) is 5.92 Å². The molecule has 2 rings (SSSR count). The third kappa shape index (κ3) is 4.23. The molecule has 0 saturated heterocycles. The fraction of sp³-hybridized carbons (Fsp3) is 0.600. The van der Waals surface area contributed by atoms with Crippen LogP contribution in [0.1, 0.15) is 38.7 Å². The second-order valence-corrected chi connectivity index (χ2v) is 5.82. The lowest BCUT2D eigenvalue weighted by Gasteiger charge is -2.13. The minimum Gasteiger partial charge on any atom is -0.490 e. The van der Waals surface area contributed by atoms with Crippen LogP contribution in [0.3, 0.4) is 0 Å². The Morgan fingerprint density at radius 1 is 1.35 bits per heavy atom. The van der Waals surface area contributed by atoms with E-state index in [1.807, 2.05) is 6.07 Å². The van der Waals surface area contributed by atoms with Crippen molar-refractivity contribution >= 4 is 11.6 Å². The van der Waals surface area contributed by atoms with Gasteiger partial charge < -0.3 is 4.74 Å². The van der Waals surface area contributed by atoms with Crippen molar-refractivity contribution in [2.24, 2.45) is 5.92 Å². The summed E-state index contributed by atoms with van der Waals surface area (Å²) >= 11 is 6.27. The van der Waals surface area contributed by atoms with Crippen LogP contribution < -0.4 is 4.74 Å². The minimum absolute atomic E-state index is 0.267. The van der Waals surface area contributed by atoms with E-state index in [9.17, 15) is 0 Å². The molecule has 17 heavy (non-hydrogen) atoms. The predicted molar refractivity (Wildman–Crippen MR) is 72.9 cm³/mol. The Labute approximate surface area is 109 Å². The molecule has 0 N–H and O–H groups in total. The summed E-state index contributed by atoms with van der Waals surface area (Å²) in [5.74, 6) is 1.56. The van der Waals surface area contributed by atoms with Crippen LogP contribution in [0.5, 0.6) is 5.75 Å². The molecule has 2 heteroatoms. The number of halogens is 1. The number of ether oxygens (including phenoxy) is 1. The number of alkyl halides is 1. The molecule has 0 aliphatic heterocycles. The van der Waals surface area contributed by atoms with Crippen molar-refractivity contribution in [2.75, 3.05) is 0 Å². The predicted octanol–water partition coefficient (Wildman–Crippen LogP) is 4.42. The molecule has 1 unspecified atom stereocenters. The number of hydrogen-bond acceptors (Lipinski definition) is 1. The zero-order chi connectivity index (χ0) is 12.3. The SMILES string of the molecule is CC(C)C(Cl)CCc1cccc(OC2CC2)c1. The second kappa shape index (κ2) is 5.77. The van der Waals surface area contributed by atoms with Gasteiger partial charge in [0.2, 0.25) is 0 Å². The minimum atomic E-state index is 0.267. The topological polar surface area (TPSA) is 9.23 Å². The van der Waals surface area contributed by atoms with Crippen LogP contribution in [0.4, 0.5) is 0 Å². The average Bonchev–Trinajstić information content (AvgIpc) is 3.10. The monoisotopic (exact) mass is 252 g/mol. The van der Waals surface area contributed by atoms with E-state index in [-0.39, 0.29) is 5.38 Å². The quantitative estimate of drug-likeness (QED) is 0.681. The maximum Gasteiger partial charge on any atom is 0.119 e. The molecule has 94 valence electrons. The molecule has 1 aliphatic carbocycles. The Kier molecular flexibility index (Phi) is 4.33. The lowest BCUT2D eigenvalue weighted by molar-refractivity contribution is 0.303. The highest BCUT2D eigenvalue weighted by atomic mass is 35.5. The number of rotatable bonds is 6. The maximum atomic E-state index is 6.27. The molecule has 0 radical (unpaired) electrons. The highest BCUT2D eigenvalue weighted by Crippen LogP contribution is 2.27. The molecule has 1 fully saturated rings. The molecule has 0 aromatic heterocycles. The normalized spacial score (nSPS) is 17.2. The summed E-state index contributed by atoms with van der Waals surface area (Å²) in [6, 6.07) is 8.43. The summed E-state index contributed by atoms with van der Waals surface area (Å²) in [7, 11) is 0. The van der Waals surface area contributed by atoms with Gasteiger partial charge in [0.1, 0.15) is 5.75 Å². The first kappa shape index (κ1) is 12.8.